The number of carbonyl (C=O) groups excluding carboxylic acids is 1. The van der Waals surface area contributed by atoms with Gasteiger partial charge in [0.1, 0.15) is 5.82 Å². The van der Waals surface area contributed by atoms with Crippen LogP contribution in [0, 0.1) is 5.92 Å². The third-order valence-corrected chi connectivity index (χ3v) is 4.97. The zero-order valence-electron chi connectivity index (χ0n) is 15.4. The molecule has 8 nitrogen and oxygen atoms in total. The first kappa shape index (κ1) is 19.3. The molecule has 2 aromatic rings. The Morgan fingerprint density at radius 3 is 2.78 bits per heavy atom. The monoisotopic (exact) mass is 373 g/mol. The van der Waals surface area contributed by atoms with Gasteiger partial charge in [0.25, 0.3) is 5.91 Å². The second kappa shape index (κ2) is 9.48. The van der Waals surface area contributed by atoms with E-state index >= 15 is 0 Å². The van der Waals surface area contributed by atoms with Crippen molar-refractivity contribution in [2.75, 3.05) is 31.6 Å². The molecule has 2 aromatic heterocycles. The average molecular weight is 373 g/mol. The Labute approximate surface area is 158 Å². The number of rotatable bonds is 8. The molecule has 0 saturated carbocycles. The largest absolute Gasteiger partial charge is 0.394 e. The van der Waals surface area contributed by atoms with E-state index in [4.69, 9.17) is 5.11 Å². The SMILES string of the molecule is O=C(c1ccc(NCC(O)CO)nc1)N1CCC(CCn2cccn2)CC1. The lowest BCUT2D eigenvalue weighted by Crippen LogP contribution is -2.38. The number of carbonyl (C=O) groups is 1. The molecule has 1 unspecified atom stereocenters. The number of amides is 1. The lowest BCUT2D eigenvalue weighted by atomic mass is 9.93. The number of aliphatic hydroxyl groups is 2. The zero-order chi connectivity index (χ0) is 19.1. The number of likely N-dealkylation sites (tertiary alicyclic amines) is 1. The molecule has 0 spiro atoms. The Bertz CT molecular complexity index is 697. The van der Waals surface area contributed by atoms with Gasteiger partial charge in [0.05, 0.1) is 18.3 Å². The molecule has 0 radical (unpaired) electrons. The highest BCUT2D eigenvalue weighted by atomic mass is 16.3. The van der Waals surface area contributed by atoms with Gasteiger partial charge in [0, 0.05) is 44.8 Å². The molecule has 3 heterocycles. The number of aryl methyl sites for hydroxylation is 1. The average Bonchev–Trinajstić information content (AvgIpc) is 3.24. The smallest absolute Gasteiger partial charge is 0.255 e. The van der Waals surface area contributed by atoms with Gasteiger partial charge in [-0.1, -0.05) is 0 Å². The maximum Gasteiger partial charge on any atom is 0.255 e. The molecule has 0 aromatic carbocycles. The number of hydrogen-bond acceptors (Lipinski definition) is 6. The number of anilines is 1. The second-order valence-electron chi connectivity index (χ2n) is 6.94. The highest BCUT2D eigenvalue weighted by molar-refractivity contribution is 5.94. The third kappa shape index (κ3) is 5.51. The van der Waals surface area contributed by atoms with E-state index in [1.54, 1.807) is 24.5 Å². The molecule has 3 rings (SSSR count). The van der Waals surface area contributed by atoms with Crippen molar-refractivity contribution in [3.05, 3.63) is 42.4 Å². The van der Waals surface area contributed by atoms with Crippen LogP contribution in [0.1, 0.15) is 29.6 Å². The molecule has 146 valence electrons. The molecular formula is C19H27N5O3. The minimum absolute atomic E-state index is 0.00923. The summed E-state index contributed by atoms with van der Waals surface area (Å²) in [5.41, 5.74) is 0.568. The molecule has 1 saturated heterocycles. The summed E-state index contributed by atoms with van der Waals surface area (Å²) in [5.74, 6) is 1.20. The van der Waals surface area contributed by atoms with E-state index in [0.717, 1.165) is 38.9 Å². The maximum absolute atomic E-state index is 12.7. The van der Waals surface area contributed by atoms with Gasteiger partial charge >= 0.3 is 0 Å². The number of pyridine rings is 1. The van der Waals surface area contributed by atoms with Crippen molar-refractivity contribution in [1.82, 2.24) is 19.7 Å². The van der Waals surface area contributed by atoms with Gasteiger partial charge in [-0.05, 0) is 43.4 Å². The van der Waals surface area contributed by atoms with Crippen molar-refractivity contribution in [3.8, 4) is 0 Å². The topological polar surface area (TPSA) is 104 Å². The highest BCUT2D eigenvalue weighted by Gasteiger charge is 2.23. The first-order valence-corrected chi connectivity index (χ1v) is 9.41. The number of aromatic nitrogens is 3. The van der Waals surface area contributed by atoms with Crippen LogP contribution in [-0.4, -0.2) is 68.1 Å². The minimum Gasteiger partial charge on any atom is -0.394 e. The van der Waals surface area contributed by atoms with Crippen molar-refractivity contribution in [3.63, 3.8) is 0 Å². The fraction of sp³-hybridized carbons (Fsp3) is 0.526. The second-order valence-corrected chi connectivity index (χ2v) is 6.94. The normalized spacial score (nSPS) is 16.3. The molecule has 8 heteroatoms. The Morgan fingerprint density at radius 2 is 2.15 bits per heavy atom. The third-order valence-electron chi connectivity index (χ3n) is 4.97. The van der Waals surface area contributed by atoms with E-state index < -0.39 is 6.10 Å². The van der Waals surface area contributed by atoms with Crippen molar-refractivity contribution in [2.45, 2.75) is 31.9 Å². The van der Waals surface area contributed by atoms with E-state index in [-0.39, 0.29) is 19.1 Å². The van der Waals surface area contributed by atoms with E-state index in [0.29, 0.717) is 17.3 Å². The van der Waals surface area contributed by atoms with Crippen molar-refractivity contribution in [1.29, 1.82) is 0 Å². The summed E-state index contributed by atoms with van der Waals surface area (Å²) >= 11 is 0. The van der Waals surface area contributed by atoms with Crippen LogP contribution < -0.4 is 5.32 Å². The number of nitrogens with one attached hydrogen (secondary N) is 1. The molecule has 1 aliphatic heterocycles. The molecule has 1 atom stereocenters. The maximum atomic E-state index is 12.7. The lowest BCUT2D eigenvalue weighted by Gasteiger charge is -2.32. The Kier molecular flexibility index (Phi) is 6.78. The van der Waals surface area contributed by atoms with Crippen LogP contribution in [0.5, 0.6) is 0 Å². The molecule has 1 fully saturated rings. The van der Waals surface area contributed by atoms with Crippen LogP contribution in [0.3, 0.4) is 0 Å². The van der Waals surface area contributed by atoms with E-state index in [1.165, 1.54) is 0 Å². The zero-order valence-corrected chi connectivity index (χ0v) is 15.4. The minimum atomic E-state index is -0.831. The van der Waals surface area contributed by atoms with Crippen LogP contribution in [0.25, 0.3) is 0 Å². The molecule has 3 N–H and O–H groups in total. The lowest BCUT2D eigenvalue weighted by molar-refractivity contribution is 0.0684. The van der Waals surface area contributed by atoms with Gasteiger partial charge in [-0.15, -0.1) is 0 Å². The summed E-state index contributed by atoms with van der Waals surface area (Å²) in [5, 5.41) is 25.3. The van der Waals surface area contributed by atoms with Crippen LogP contribution in [0.4, 0.5) is 5.82 Å². The quantitative estimate of drug-likeness (QED) is 0.637. The van der Waals surface area contributed by atoms with Gasteiger partial charge < -0.3 is 20.4 Å². The standard InChI is InChI=1S/C19H27N5O3/c25-14-17(26)13-21-18-3-2-16(12-20-18)19(27)23-9-4-15(5-10-23)6-11-24-8-1-7-22-24/h1-3,7-8,12,15,17,25-26H,4-6,9-11,13-14H2,(H,20,21). The molecule has 1 amide bonds. The van der Waals surface area contributed by atoms with Crippen molar-refractivity contribution in [2.24, 2.45) is 5.92 Å². The Morgan fingerprint density at radius 1 is 1.33 bits per heavy atom. The van der Waals surface area contributed by atoms with E-state index in [1.807, 2.05) is 21.8 Å². The summed E-state index contributed by atoms with van der Waals surface area (Å²) in [6.07, 6.45) is 7.62. The highest BCUT2D eigenvalue weighted by Crippen LogP contribution is 2.22. The summed E-state index contributed by atoms with van der Waals surface area (Å²) in [6.45, 7) is 2.37. The molecule has 1 aliphatic rings. The predicted molar refractivity (Wildman–Crippen MR) is 101 cm³/mol. The molecule has 27 heavy (non-hydrogen) atoms. The predicted octanol–water partition coefficient (Wildman–Crippen LogP) is 0.986. The van der Waals surface area contributed by atoms with Crippen LogP contribution >= 0.6 is 0 Å². The first-order valence-electron chi connectivity index (χ1n) is 9.41. The van der Waals surface area contributed by atoms with E-state index in [9.17, 15) is 9.90 Å². The van der Waals surface area contributed by atoms with Crippen LogP contribution in [0.15, 0.2) is 36.8 Å². The number of piperidine rings is 1. The van der Waals surface area contributed by atoms with Gasteiger partial charge in [0.2, 0.25) is 0 Å². The van der Waals surface area contributed by atoms with Gasteiger partial charge in [-0.2, -0.15) is 5.10 Å². The Hall–Kier alpha value is -2.45. The summed E-state index contributed by atoms with van der Waals surface area (Å²) in [7, 11) is 0. The van der Waals surface area contributed by atoms with Gasteiger partial charge in [-0.3, -0.25) is 9.48 Å². The fourth-order valence-electron chi connectivity index (χ4n) is 3.27. The van der Waals surface area contributed by atoms with Crippen molar-refractivity contribution >= 4 is 11.7 Å². The van der Waals surface area contributed by atoms with E-state index in [2.05, 4.69) is 15.4 Å². The van der Waals surface area contributed by atoms with Gasteiger partial charge in [0.15, 0.2) is 0 Å². The molecular weight excluding hydrogens is 346 g/mol. The van der Waals surface area contributed by atoms with Crippen LogP contribution in [0.2, 0.25) is 0 Å². The summed E-state index contributed by atoms with van der Waals surface area (Å²) in [6, 6.07) is 5.39. The number of aliphatic hydroxyl groups excluding tert-OH is 2. The van der Waals surface area contributed by atoms with Gasteiger partial charge in [-0.25, -0.2) is 4.98 Å². The summed E-state index contributed by atoms with van der Waals surface area (Å²) in [4.78, 5) is 18.8. The number of nitrogens with zero attached hydrogens (tertiary/aromatic N) is 4. The number of hydrogen-bond donors (Lipinski definition) is 3. The fourth-order valence-corrected chi connectivity index (χ4v) is 3.27. The van der Waals surface area contributed by atoms with Crippen LogP contribution in [-0.2, 0) is 6.54 Å². The van der Waals surface area contributed by atoms with Crippen molar-refractivity contribution < 1.29 is 15.0 Å². The molecule has 0 bridgehead atoms. The summed E-state index contributed by atoms with van der Waals surface area (Å²) < 4.78 is 1.96. The first-order chi connectivity index (χ1) is 13.2. The molecule has 0 aliphatic carbocycles. The Balaban J connectivity index is 1.44.